The van der Waals surface area contributed by atoms with Crippen LogP contribution in [0.5, 0.6) is 0 Å². The van der Waals surface area contributed by atoms with Gasteiger partial charge < -0.3 is 0 Å². The second-order valence-electron chi connectivity index (χ2n) is 13.2. The van der Waals surface area contributed by atoms with Gasteiger partial charge in [-0.1, -0.05) is 32.6 Å². The number of hydrogen-bond acceptors (Lipinski definition) is 0. The average Bonchev–Trinajstić information content (AvgIpc) is 3.18. The summed E-state index contributed by atoms with van der Waals surface area (Å²) in [6.07, 6.45) is 24.3. The fraction of sp³-hybridized carbons (Fsp3) is 1.00. The zero-order chi connectivity index (χ0) is 18.5. The van der Waals surface area contributed by atoms with Crippen molar-refractivity contribution in [2.45, 2.75) is 103 Å². The van der Waals surface area contributed by atoms with E-state index in [2.05, 4.69) is 6.92 Å². The molecule has 0 aliphatic heterocycles. The summed E-state index contributed by atoms with van der Waals surface area (Å²) in [6.45, 7) is 2.49. The first-order valence-corrected chi connectivity index (χ1v) is 13.8. The molecule has 2 bridgehead atoms. The summed E-state index contributed by atoms with van der Waals surface area (Å²) in [5, 5.41) is 0. The first kappa shape index (κ1) is 17.7. The molecule has 0 aromatic carbocycles. The van der Waals surface area contributed by atoms with Crippen molar-refractivity contribution in [1.82, 2.24) is 0 Å². The molecule has 8 aliphatic rings. The standard InChI is InChI=1S/C28H44/c1-2-4-24-22-11-9-18(22)7-8-19-15-21-16-28(27(21)26(19)24)12-3-5-25(28)23-10-6-17-13-20(23)14-17/h17-27H,2-16H2,1H3/t17?,18-,19+,20?,21?,22?,23?,24?,25?,26?,27?,28?/m1/s1. The fourth-order valence-corrected chi connectivity index (χ4v) is 11.7. The van der Waals surface area contributed by atoms with E-state index in [9.17, 15) is 0 Å². The van der Waals surface area contributed by atoms with E-state index in [1.54, 1.807) is 89.9 Å². The van der Waals surface area contributed by atoms with Crippen LogP contribution in [0.25, 0.3) is 0 Å². The third-order valence-corrected chi connectivity index (χ3v) is 12.6. The van der Waals surface area contributed by atoms with E-state index in [4.69, 9.17) is 0 Å². The van der Waals surface area contributed by atoms with Crippen molar-refractivity contribution in [2.24, 2.45) is 70.5 Å². The fourth-order valence-electron chi connectivity index (χ4n) is 11.7. The van der Waals surface area contributed by atoms with E-state index in [0.717, 1.165) is 35.0 Å². The maximum absolute atomic E-state index is 2.49. The number of hydrogen-bond donors (Lipinski definition) is 0. The molecule has 0 heteroatoms. The predicted octanol–water partition coefficient (Wildman–Crippen LogP) is 7.72. The highest BCUT2D eigenvalue weighted by atomic mass is 14.7. The third-order valence-electron chi connectivity index (χ3n) is 12.6. The molecule has 0 radical (unpaired) electrons. The lowest BCUT2D eigenvalue weighted by Gasteiger charge is -2.62. The predicted molar refractivity (Wildman–Crippen MR) is 116 cm³/mol. The van der Waals surface area contributed by atoms with Crippen LogP contribution in [0.15, 0.2) is 0 Å². The lowest BCUT2D eigenvalue weighted by molar-refractivity contribution is -0.137. The molecule has 28 heavy (non-hydrogen) atoms. The smallest absolute Gasteiger partial charge is 0.0230 e. The maximum Gasteiger partial charge on any atom is -0.0230 e. The van der Waals surface area contributed by atoms with Gasteiger partial charge >= 0.3 is 0 Å². The largest absolute Gasteiger partial charge is 0.0654 e. The van der Waals surface area contributed by atoms with Crippen LogP contribution >= 0.6 is 0 Å². The normalized spacial score (nSPS) is 61.4. The van der Waals surface area contributed by atoms with Gasteiger partial charge in [0.05, 0.1) is 0 Å². The minimum absolute atomic E-state index is 0.854. The van der Waals surface area contributed by atoms with Crippen molar-refractivity contribution >= 4 is 0 Å². The van der Waals surface area contributed by atoms with E-state index < -0.39 is 0 Å². The highest BCUT2D eigenvalue weighted by Gasteiger charge is 2.68. The zero-order valence-electron chi connectivity index (χ0n) is 18.5. The molecule has 8 fully saturated rings. The highest BCUT2D eigenvalue weighted by molar-refractivity contribution is 5.17. The Morgan fingerprint density at radius 2 is 1.57 bits per heavy atom. The molecule has 156 valence electrons. The van der Waals surface area contributed by atoms with Crippen LogP contribution < -0.4 is 0 Å². The van der Waals surface area contributed by atoms with E-state index >= 15 is 0 Å². The molecule has 8 rings (SSSR count). The summed E-state index contributed by atoms with van der Waals surface area (Å²) < 4.78 is 0. The number of fused-ring (bicyclic) bond motifs is 7. The van der Waals surface area contributed by atoms with Gasteiger partial charge in [0.2, 0.25) is 0 Å². The minimum Gasteiger partial charge on any atom is -0.0654 e. The van der Waals surface area contributed by atoms with E-state index in [-0.39, 0.29) is 0 Å². The van der Waals surface area contributed by atoms with Crippen LogP contribution in [0.3, 0.4) is 0 Å². The van der Waals surface area contributed by atoms with Gasteiger partial charge in [-0.3, -0.25) is 0 Å². The van der Waals surface area contributed by atoms with Crippen LogP contribution in [-0.2, 0) is 0 Å². The highest BCUT2D eigenvalue weighted by Crippen LogP contribution is 2.76. The van der Waals surface area contributed by atoms with Gasteiger partial charge in [0.1, 0.15) is 0 Å². The molecule has 0 amide bonds. The summed E-state index contributed by atoms with van der Waals surface area (Å²) in [7, 11) is 0. The molecule has 0 aromatic heterocycles. The molecule has 8 saturated carbocycles. The Morgan fingerprint density at radius 1 is 0.750 bits per heavy atom. The van der Waals surface area contributed by atoms with Crippen LogP contribution in [-0.4, -0.2) is 0 Å². The molecule has 0 N–H and O–H groups in total. The van der Waals surface area contributed by atoms with E-state index in [0.29, 0.717) is 0 Å². The Morgan fingerprint density at radius 3 is 2.32 bits per heavy atom. The summed E-state index contributed by atoms with van der Waals surface area (Å²) in [4.78, 5) is 0. The lowest BCUT2D eigenvalue weighted by atomic mass is 9.43. The van der Waals surface area contributed by atoms with Crippen molar-refractivity contribution in [3.8, 4) is 0 Å². The van der Waals surface area contributed by atoms with Gasteiger partial charge in [-0.25, -0.2) is 0 Å². The Bertz CT molecular complexity index is 613. The van der Waals surface area contributed by atoms with Gasteiger partial charge in [0.15, 0.2) is 0 Å². The van der Waals surface area contributed by atoms with Crippen LogP contribution in [0.1, 0.15) is 103 Å². The molecule has 0 saturated heterocycles. The molecule has 8 aliphatic carbocycles. The summed E-state index contributed by atoms with van der Waals surface area (Å²) in [5.41, 5.74) is 0.854. The summed E-state index contributed by atoms with van der Waals surface area (Å²) in [6, 6.07) is 0. The van der Waals surface area contributed by atoms with Crippen molar-refractivity contribution in [3.05, 3.63) is 0 Å². The van der Waals surface area contributed by atoms with Gasteiger partial charge in [0.25, 0.3) is 0 Å². The Hall–Kier alpha value is 0. The first-order valence-electron chi connectivity index (χ1n) is 13.8. The second kappa shape index (κ2) is 6.26. The minimum atomic E-state index is 0.854. The first-order chi connectivity index (χ1) is 13.8. The number of rotatable bonds is 3. The van der Waals surface area contributed by atoms with Crippen LogP contribution in [0.4, 0.5) is 0 Å². The van der Waals surface area contributed by atoms with Gasteiger partial charge in [0, 0.05) is 0 Å². The molecular formula is C28H44. The molecule has 0 aromatic rings. The van der Waals surface area contributed by atoms with Crippen molar-refractivity contribution in [3.63, 3.8) is 0 Å². The Labute approximate surface area is 174 Å². The topological polar surface area (TPSA) is 0 Å². The van der Waals surface area contributed by atoms with Crippen LogP contribution in [0, 0.1) is 70.5 Å². The SMILES string of the molecule is CCCC1C2CC[C@H]2CC[C@H]2CC3CC4(CCCC4C4CCC5CC4C5)C3C12. The average molecular weight is 381 g/mol. The van der Waals surface area contributed by atoms with Crippen molar-refractivity contribution in [2.75, 3.05) is 0 Å². The molecule has 0 heterocycles. The van der Waals surface area contributed by atoms with Gasteiger partial charge in [-0.15, -0.1) is 0 Å². The van der Waals surface area contributed by atoms with E-state index in [1.165, 1.54) is 41.9 Å². The van der Waals surface area contributed by atoms with Crippen molar-refractivity contribution in [1.29, 1.82) is 0 Å². The third kappa shape index (κ3) is 2.20. The Kier molecular flexibility index (Phi) is 3.95. The molecule has 1 spiro atoms. The van der Waals surface area contributed by atoms with Crippen molar-refractivity contribution < 1.29 is 0 Å². The quantitative estimate of drug-likeness (QED) is 0.470. The lowest BCUT2D eigenvalue weighted by Crippen LogP contribution is -2.56. The van der Waals surface area contributed by atoms with E-state index in [1.807, 2.05) is 0 Å². The van der Waals surface area contributed by atoms with Gasteiger partial charge in [-0.2, -0.15) is 0 Å². The summed E-state index contributed by atoms with van der Waals surface area (Å²) in [5.74, 6) is 12.8. The summed E-state index contributed by atoms with van der Waals surface area (Å²) >= 11 is 0. The molecule has 10 atom stereocenters. The Balaban J connectivity index is 1.21. The van der Waals surface area contributed by atoms with Crippen LogP contribution in [0.2, 0.25) is 0 Å². The second-order valence-corrected chi connectivity index (χ2v) is 13.2. The molecule has 0 nitrogen and oxygen atoms in total. The molecular weight excluding hydrogens is 336 g/mol. The monoisotopic (exact) mass is 380 g/mol. The van der Waals surface area contributed by atoms with Gasteiger partial charge in [-0.05, 0) is 141 Å². The molecule has 8 unspecified atom stereocenters. The maximum atomic E-state index is 2.49. The zero-order valence-corrected chi connectivity index (χ0v) is 18.5.